The molecule has 0 bridgehead atoms. The molecular formula is C21H23N3. The maximum absolute atomic E-state index is 4.43. The second-order valence-corrected chi connectivity index (χ2v) is 5.92. The van der Waals surface area contributed by atoms with Crippen molar-refractivity contribution in [3.8, 4) is 22.3 Å². The van der Waals surface area contributed by atoms with E-state index in [1.807, 2.05) is 26.5 Å². The number of nitrogens with zero attached hydrogens (tertiary/aromatic N) is 1. The van der Waals surface area contributed by atoms with Gasteiger partial charge in [-0.2, -0.15) is 0 Å². The standard InChI is InChI=1S/C21H23N3/c1-22-12-16-3-7-18(8-4-16)20-11-21(15-24-14-20)19-9-5-17(6-10-19)13-23-2/h3-11,14-15,22-23H,12-13H2,1-2H3. The topological polar surface area (TPSA) is 37.0 Å². The fourth-order valence-corrected chi connectivity index (χ4v) is 2.79. The van der Waals surface area contributed by atoms with Crippen molar-refractivity contribution < 1.29 is 0 Å². The lowest BCUT2D eigenvalue weighted by molar-refractivity contribution is 0.818. The van der Waals surface area contributed by atoms with Gasteiger partial charge in [0.25, 0.3) is 0 Å². The van der Waals surface area contributed by atoms with Crippen molar-refractivity contribution in [2.75, 3.05) is 14.1 Å². The molecule has 2 N–H and O–H groups in total. The molecule has 2 aromatic carbocycles. The lowest BCUT2D eigenvalue weighted by Gasteiger charge is -2.08. The summed E-state index contributed by atoms with van der Waals surface area (Å²) in [6.07, 6.45) is 3.85. The third kappa shape index (κ3) is 3.88. The third-order valence-corrected chi connectivity index (χ3v) is 4.07. The first-order chi connectivity index (χ1) is 11.8. The van der Waals surface area contributed by atoms with Crippen LogP contribution >= 0.6 is 0 Å². The number of nitrogens with one attached hydrogen (secondary N) is 2. The summed E-state index contributed by atoms with van der Waals surface area (Å²) in [4.78, 5) is 4.43. The molecule has 0 fully saturated rings. The Kier molecular flexibility index (Phi) is 5.36. The van der Waals surface area contributed by atoms with Crippen LogP contribution in [0.5, 0.6) is 0 Å². The molecule has 0 saturated heterocycles. The largest absolute Gasteiger partial charge is 0.316 e. The minimum Gasteiger partial charge on any atom is -0.316 e. The fourth-order valence-electron chi connectivity index (χ4n) is 2.79. The maximum atomic E-state index is 4.43. The van der Waals surface area contributed by atoms with Gasteiger partial charge in [-0.15, -0.1) is 0 Å². The van der Waals surface area contributed by atoms with Gasteiger partial charge in [0.2, 0.25) is 0 Å². The molecule has 3 aromatic rings. The van der Waals surface area contributed by atoms with Crippen molar-refractivity contribution in [1.82, 2.24) is 15.6 Å². The SMILES string of the molecule is CNCc1ccc(-c2cncc(-c3ccc(CNC)cc3)c2)cc1. The molecule has 1 aromatic heterocycles. The molecule has 0 aliphatic rings. The Morgan fingerprint density at radius 1 is 0.625 bits per heavy atom. The van der Waals surface area contributed by atoms with E-state index in [-0.39, 0.29) is 0 Å². The average molecular weight is 317 g/mol. The highest BCUT2D eigenvalue weighted by atomic mass is 14.8. The van der Waals surface area contributed by atoms with Gasteiger partial charge in [-0.05, 0) is 42.4 Å². The maximum Gasteiger partial charge on any atom is 0.0346 e. The van der Waals surface area contributed by atoms with Crippen molar-refractivity contribution in [3.63, 3.8) is 0 Å². The Hall–Kier alpha value is -2.49. The molecule has 24 heavy (non-hydrogen) atoms. The van der Waals surface area contributed by atoms with Gasteiger partial charge in [0, 0.05) is 36.6 Å². The van der Waals surface area contributed by atoms with Crippen LogP contribution in [0.4, 0.5) is 0 Å². The van der Waals surface area contributed by atoms with E-state index >= 15 is 0 Å². The number of pyridine rings is 1. The molecule has 0 spiro atoms. The predicted octanol–water partition coefficient (Wildman–Crippen LogP) is 3.85. The van der Waals surface area contributed by atoms with E-state index in [4.69, 9.17) is 0 Å². The van der Waals surface area contributed by atoms with E-state index in [0.717, 1.165) is 24.2 Å². The number of benzene rings is 2. The van der Waals surface area contributed by atoms with E-state index < -0.39 is 0 Å². The normalized spacial score (nSPS) is 10.8. The Morgan fingerprint density at radius 3 is 1.42 bits per heavy atom. The summed E-state index contributed by atoms with van der Waals surface area (Å²) in [5, 5.41) is 6.34. The molecule has 3 rings (SSSR count). The highest BCUT2D eigenvalue weighted by Gasteiger charge is 2.03. The monoisotopic (exact) mass is 317 g/mol. The van der Waals surface area contributed by atoms with Crippen molar-refractivity contribution in [3.05, 3.63) is 78.1 Å². The van der Waals surface area contributed by atoms with Crippen molar-refractivity contribution in [2.45, 2.75) is 13.1 Å². The van der Waals surface area contributed by atoms with Gasteiger partial charge >= 0.3 is 0 Å². The quantitative estimate of drug-likeness (QED) is 0.725. The van der Waals surface area contributed by atoms with Crippen LogP contribution < -0.4 is 10.6 Å². The summed E-state index contributed by atoms with van der Waals surface area (Å²) in [5.74, 6) is 0. The van der Waals surface area contributed by atoms with E-state index in [0.29, 0.717) is 0 Å². The minimum atomic E-state index is 0.886. The highest BCUT2D eigenvalue weighted by Crippen LogP contribution is 2.25. The number of hydrogen-bond donors (Lipinski definition) is 2. The number of rotatable bonds is 6. The molecule has 0 atom stereocenters. The van der Waals surface area contributed by atoms with Gasteiger partial charge in [-0.1, -0.05) is 48.5 Å². The average Bonchev–Trinajstić information content (AvgIpc) is 2.64. The van der Waals surface area contributed by atoms with Gasteiger partial charge < -0.3 is 10.6 Å². The summed E-state index contributed by atoms with van der Waals surface area (Å²) in [7, 11) is 3.92. The third-order valence-electron chi connectivity index (χ3n) is 4.07. The van der Waals surface area contributed by atoms with Crippen molar-refractivity contribution >= 4 is 0 Å². The zero-order chi connectivity index (χ0) is 16.8. The van der Waals surface area contributed by atoms with Gasteiger partial charge in [-0.3, -0.25) is 4.98 Å². The minimum absolute atomic E-state index is 0.886. The molecule has 0 radical (unpaired) electrons. The molecule has 3 nitrogen and oxygen atoms in total. The molecule has 3 heteroatoms. The van der Waals surface area contributed by atoms with Crippen molar-refractivity contribution in [2.24, 2.45) is 0 Å². The lowest BCUT2D eigenvalue weighted by Crippen LogP contribution is -2.04. The van der Waals surface area contributed by atoms with Gasteiger partial charge in [0.1, 0.15) is 0 Å². The molecule has 1 heterocycles. The molecule has 0 unspecified atom stereocenters. The van der Waals surface area contributed by atoms with Crippen LogP contribution in [-0.4, -0.2) is 19.1 Å². The van der Waals surface area contributed by atoms with E-state index in [2.05, 4.69) is 70.2 Å². The Bertz CT molecular complexity index is 712. The lowest BCUT2D eigenvalue weighted by atomic mass is 10.0. The summed E-state index contributed by atoms with van der Waals surface area (Å²) in [6, 6.07) is 19.5. The van der Waals surface area contributed by atoms with Crippen LogP contribution in [0.25, 0.3) is 22.3 Å². The Morgan fingerprint density at radius 2 is 1.04 bits per heavy atom. The smallest absolute Gasteiger partial charge is 0.0346 e. The van der Waals surface area contributed by atoms with E-state index in [1.165, 1.54) is 22.3 Å². The molecule has 0 aliphatic heterocycles. The van der Waals surface area contributed by atoms with Crippen LogP contribution in [0, 0.1) is 0 Å². The van der Waals surface area contributed by atoms with Gasteiger partial charge in [-0.25, -0.2) is 0 Å². The van der Waals surface area contributed by atoms with E-state index in [1.54, 1.807) is 0 Å². The van der Waals surface area contributed by atoms with Crippen molar-refractivity contribution in [1.29, 1.82) is 0 Å². The summed E-state index contributed by atoms with van der Waals surface area (Å²) in [5.41, 5.74) is 7.23. The van der Waals surface area contributed by atoms with Crippen LogP contribution in [0.15, 0.2) is 67.0 Å². The zero-order valence-electron chi connectivity index (χ0n) is 14.2. The highest BCUT2D eigenvalue weighted by molar-refractivity contribution is 5.71. The fraction of sp³-hybridized carbons (Fsp3) is 0.190. The van der Waals surface area contributed by atoms with E-state index in [9.17, 15) is 0 Å². The molecule has 0 saturated carbocycles. The first kappa shape index (κ1) is 16.4. The Balaban J connectivity index is 1.85. The number of hydrogen-bond acceptors (Lipinski definition) is 3. The first-order valence-corrected chi connectivity index (χ1v) is 8.23. The molecule has 0 amide bonds. The van der Waals surface area contributed by atoms with Crippen LogP contribution in [-0.2, 0) is 13.1 Å². The molecular weight excluding hydrogens is 294 g/mol. The van der Waals surface area contributed by atoms with Crippen LogP contribution in [0.3, 0.4) is 0 Å². The van der Waals surface area contributed by atoms with Crippen LogP contribution in [0.1, 0.15) is 11.1 Å². The first-order valence-electron chi connectivity index (χ1n) is 8.23. The predicted molar refractivity (Wildman–Crippen MR) is 101 cm³/mol. The molecule has 0 aliphatic carbocycles. The van der Waals surface area contributed by atoms with Gasteiger partial charge in [0.05, 0.1) is 0 Å². The summed E-state index contributed by atoms with van der Waals surface area (Å²) < 4.78 is 0. The summed E-state index contributed by atoms with van der Waals surface area (Å²) >= 11 is 0. The van der Waals surface area contributed by atoms with Gasteiger partial charge in [0.15, 0.2) is 0 Å². The summed E-state index contributed by atoms with van der Waals surface area (Å²) in [6.45, 7) is 1.77. The van der Waals surface area contributed by atoms with Crippen LogP contribution in [0.2, 0.25) is 0 Å². The second kappa shape index (κ2) is 7.86. The Labute approximate surface area is 143 Å². The number of aromatic nitrogens is 1. The zero-order valence-corrected chi connectivity index (χ0v) is 14.2. The second-order valence-electron chi connectivity index (χ2n) is 5.92. The molecule has 122 valence electrons.